The van der Waals surface area contributed by atoms with Gasteiger partial charge in [0.25, 0.3) is 0 Å². The first-order chi connectivity index (χ1) is 13.1. The van der Waals surface area contributed by atoms with Crippen LogP contribution in [0.1, 0.15) is 10.4 Å². The van der Waals surface area contributed by atoms with Crippen molar-refractivity contribution in [2.24, 2.45) is 5.73 Å². The number of amides is 1. The van der Waals surface area contributed by atoms with Crippen LogP contribution in [0.25, 0.3) is 5.52 Å². The molecule has 4 aromatic rings. The van der Waals surface area contributed by atoms with Crippen molar-refractivity contribution < 1.29 is 13.9 Å². The number of hydrogen-bond donors (Lipinski definition) is 2. The molecule has 0 saturated heterocycles. The first-order valence-electron chi connectivity index (χ1n) is 7.89. The van der Waals surface area contributed by atoms with E-state index in [2.05, 4.69) is 20.4 Å². The van der Waals surface area contributed by atoms with Gasteiger partial charge in [-0.2, -0.15) is 5.10 Å². The van der Waals surface area contributed by atoms with Gasteiger partial charge in [-0.3, -0.25) is 4.79 Å². The van der Waals surface area contributed by atoms with Crippen molar-refractivity contribution in [2.45, 2.75) is 0 Å². The summed E-state index contributed by atoms with van der Waals surface area (Å²) in [5, 5.41) is 7.22. The van der Waals surface area contributed by atoms with Crippen molar-refractivity contribution in [3.8, 4) is 11.5 Å². The Labute approximate surface area is 152 Å². The molecule has 1 amide bonds. The lowest BCUT2D eigenvalue weighted by atomic mass is 10.2. The normalized spacial score (nSPS) is 10.7. The third-order valence-corrected chi connectivity index (χ3v) is 3.73. The number of hydrogen-bond acceptors (Lipinski definition) is 6. The van der Waals surface area contributed by atoms with E-state index in [0.717, 1.165) is 6.07 Å². The smallest absolute Gasteiger partial charge is 0.248 e. The first kappa shape index (κ1) is 16.5. The lowest BCUT2D eigenvalue weighted by Crippen LogP contribution is -2.11. The van der Waals surface area contributed by atoms with Gasteiger partial charge in [0.05, 0.1) is 18.1 Å². The fraction of sp³-hybridized carbons (Fsp3) is 0. The number of aromatic nitrogens is 4. The Morgan fingerprint density at radius 3 is 2.67 bits per heavy atom. The molecule has 0 aliphatic rings. The quantitative estimate of drug-likeness (QED) is 0.564. The molecule has 0 spiro atoms. The number of nitrogens with zero attached hydrogens (tertiary/aromatic N) is 4. The number of fused-ring (bicyclic) bond motifs is 1. The average molecular weight is 364 g/mol. The molecule has 3 aromatic heterocycles. The van der Waals surface area contributed by atoms with Gasteiger partial charge in [-0.25, -0.2) is 18.9 Å². The van der Waals surface area contributed by atoms with E-state index >= 15 is 0 Å². The number of anilines is 2. The molecule has 3 N–H and O–H groups in total. The van der Waals surface area contributed by atoms with E-state index in [4.69, 9.17) is 10.5 Å². The minimum atomic E-state index is -0.715. The van der Waals surface area contributed by atoms with E-state index < -0.39 is 11.7 Å². The van der Waals surface area contributed by atoms with Gasteiger partial charge in [0.15, 0.2) is 17.3 Å². The minimum Gasteiger partial charge on any atom is -0.452 e. The van der Waals surface area contributed by atoms with Gasteiger partial charge in [0.2, 0.25) is 11.9 Å². The fourth-order valence-electron chi connectivity index (χ4n) is 2.49. The molecule has 134 valence electrons. The second-order valence-electron chi connectivity index (χ2n) is 5.56. The highest BCUT2D eigenvalue weighted by atomic mass is 19.1. The molecule has 0 fully saturated rings. The number of carbonyl (C=O) groups is 1. The number of carbonyl (C=O) groups excluding carboxylic acids is 1. The average Bonchev–Trinajstić information content (AvgIpc) is 3.13. The van der Waals surface area contributed by atoms with Crippen LogP contribution in [0, 0.1) is 5.82 Å². The number of nitrogens with one attached hydrogen (secondary N) is 1. The molecule has 27 heavy (non-hydrogen) atoms. The monoisotopic (exact) mass is 364 g/mol. The van der Waals surface area contributed by atoms with Crippen LogP contribution in [-0.2, 0) is 0 Å². The van der Waals surface area contributed by atoms with E-state index in [1.54, 1.807) is 47.5 Å². The summed E-state index contributed by atoms with van der Waals surface area (Å²) >= 11 is 0. The van der Waals surface area contributed by atoms with Crippen molar-refractivity contribution in [1.29, 1.82) is 0 Å². The number of primary amides is 1. The summed E-state index contributed by atoms with van der Waals surface area (Å²) in [5.41, 5.74) is 6.45. The molecule has 0 atom stereocenters. The maximum Gasteiger partial charge on any atom is 0.248 e. The Balaban J connectivity index is 1.70. The molecular formula is C18H13FN6O2. The van der Waals surface area contributed by atoms with Gasteiger partial charge in [-0.15, -0.1) is 0 Å². The van der Waals surface area contributed by atoms with Crippen LogP contribution in [0.5, 0.6) is 11.5 Å². The molecule has 8 nitrogen and oxygen atoms in total. The fourth-order valence-corrected chi connectivity index (χ4v) is 2.49. The van der Waals surface area contributed by atoms with Gasteiger partial charge in [-0.1, -0.05) is 0 Å². The van der Waals surface area contributed by atoms with Crippen molar-refractivity contribution in [1.82, 2.24) is 19.6 Å². The third-order valence-electron chi connectivity index (χ3n) is 3.73. The highest BCUT2D eigenvalue weighted by Crippen LogP contribution is 2.31. The van der Waals surface area contributed by atoms with E-state index in [9.17, 15) is 9.18 Å². The minimum absolute atomic E-state index is 0.0452. The van der Waals surface area contributed by atoms with Crippen LogP contribution in [0.3, 0.4) is 0 Å². The number of ether oxygens (including phenoxy) is 1. The van der Waals surface area contributed by atoms with Crippen LogP contribution in [0.15, 0.2) is 61.2 Å². The van der Waals surface area contributed by atoms with Gasteiger partial charge in [0.1, 0.15) is 5.52 Å². The van der Waals surface area contributed by atoms with Crippen LogP contribution < -0.4 is 15.8 Å². The lowest BCUT2D eigenvalue weighted by Gasteiger charge is -2.12. The summed E-state index contributed by atoms with van der Waals surface area (Å²) in [7, 11) is 0. The number of halogens is 1. The molecular weight excluding hydrogens is 351 g/mol. The molecule has 0 radical (unpaired) electrons. The molecule has 0 aliphatic carbocycles. The second-order valence-corrected chi connectivity index (χ2v) is 5.56. The van der Waals surface area contributed by atoms with Gasteiger partial charge < -0.3 is 15.8 Å². The maximum atomic E-state index is 14.3. The van der Waals surface area contributed by atoms with Gasteiger partial charge >= 0.3 is 0 Å². The number of rotatable bonds is 5. The van der Waals surface area contributed by atoms with E-state index in [1.807, 2.05) is 0 Å². The maximum absolute atomic E-state index is 14.3. The van der Waals surface area contributed by atoms with Gasteiger partial charge in [-0.05, 0) is 30.3 Å². The molecule has 1 aromatic carbocycles. The van der Waals surface area contributed by atoms with Crippen LogP contribution in [0.2, 0.25) is 0 Å². The third kappa shape index (κ3) is 3.38. The highest BCUT2D eigenvalue weighted by molar-refractivity contribution is 5.92. The Morgan fingerprint density at radius 1 is 1.11 bits per heavy atom. The van der Waals surface area contributed by atoms with Crippen molar-refractivity contribution in [3.63, 3.8) is 0 Å². The number of nitrogens with two attached hydrogens (primary N) is 1. The van der Waals surface area contributed by atoms with Crippen molar-refractivity contribution in [3.05, 3.63) is 72.6 Å². The zero-order valence-corrected chi connectivity index (χ0v) is 13.8. The predicted octanol–water partition coefficient (Wildman–Crippen LogP) is 2.90. The first-order valence-corrected chi connectivity index (χ1v) is 7.89. The summed E-state index contributed by atoms with van der Waals surface area (Å²) in [6.07, 6.45) is 6.53. The lowest BCUT2D eigenvalue weighted by molar-refractivity contribution is 0.1000. The number of benzene rings is 1. The molecule has 4 rings (SSSR count). The summed E-state index contributed by atoms with van der Waals surface area (Å²) < 4.78 is 21.6. The molecule has 0 saturated carbocycles. The van der Waals surface area contributed by atoms with Crippen LogP contribution >= 0.6 is 0 Å². The van der Waals surface area contributed by atoms with E-state index in [0.29, 0.717) is 22.9 Å². The molecule has 3 heterocycles. The van der Waals surface area contributed by atoms with Crippen LogP contribution in [-0.4, -0.2) is 25.5 Å². The Bertz CT molecular complexity index is 1130. The Hall–Kier alpha value is -4.01. The largest absolute Gasteiger partial charge is 0.452 e. The summed E-state index contributed by atoms with van der Waals surface area (Å²) in [6, 6.07) is 8.89. The molecule has 0 unspecified atom stereocenters. The van der Waals surface area contributed by atoms with E-state index in [1.165, 1.54) is 12.1 Å². The van der Waals surface area contributed by atoms with Crippen molar-refractivity contribution in [2.75, 3.05) is 5.32 Å². The standard InChI is InChI=1S/C18H13FN6O2/c19-13-8-11(17(20)26)2-3-15(13)27-16-9-12(10-25-14(16)4-7-23-25)24-18-21-5-1-6-22-18/h1-10H,(H2,20,26)(H,21,22,24). The molecule has 9 heteroatoms. The number of pyridine rings is 1. The van der Waals surface area contributed by atoms with Crippen molar-refractivity contribution >= 4 is 23.1 Å². The van der Waals surface area contributed by atoms with E-state index in [-0.39, 0.29) is 11.3 Å². The summed E-state index contributed by atoms with van der Waals surface area (Å²) in [6.45, 7) is 0. The zero-order valence-electron chi connectivity index (χ0n) is 13.8. The zero-order chi connectivity index (χ0) is 18.8. The summed E-state index contributed by atoms with van der Waals surface area (Å²) in [5.74, 6) is -0.705. The second kappa shape index (κ2) is 6.71. The topological polar surface area (TPSA) is 107 Å². The Morgan fingerprint density at radius 2 is 1.93 bits per heavy atom. The van der Waals surface area contributed by atoms with Crippen LogP contribution in [0.4, 0.5) is 16.0 Å². The Kier molecular flexibility index (Phi) is 4.09. The SMILES string of the molecule is NC(=O)c1ccc(Oc2cc(Nc3ncccn3)cn3nccc23)c(F)c1. The molecule has 0 bridgehead atoms. The van der Waals surface area contributed by atoms with Gasteiger partial charge in [0, 0.05) is 24.0 Å². The highest BCUT2D eigenvalue weighted by Gasteiger charge is 2.13. The molecule has 0 aliphatic heterocycles. The summed E-state index contributed by atoms with van der Waals surface area (Å²) in [4.78, 5) is 19.4. The predicted molar refractivity (Wildman–Crippen MR) is 95.5 cm³/mol.